The average Bonchev–Trinajstić information content (AvgIpc) is 2.72. The lowest BCUT2D eigenvalue weighted by Crippen LogP contribution is -2.46. The molecule has 1 amide bonds. The fourth-order valence-electron chi connectivity index (χ4n) is 1.45. The van der Waals surface area contributed by atoms with Crippen LogP contribution in [0.4, 0.5) is 0 Å². The molecule has 0 aliphatic heterocycles. The number of halogens is 1. The molecule has 5 nitrogen and oxygen atoms in total. The van der Waals surface area contributed by atoms with Crippen molar-refractivity contribution in [3.63, 3.8) is 0 Å². The number of nitrogens with two attached hydrogens (primary N) is 1. The van der Waals surface area contributed by atoms with E-state index in [1.807, 2.05) is 11.4 Å². The van der Waals surface area contributed by atoms with Crippen LogP contribution in [0.15, 0.2) is 21.1 Å². The lowest BCUT2D eigenvalue weighted by atomic mass is 9.90. The summed E-state index contributed by atoms with van der Waals surface area (Å²) in [5, 5.41) is 13.6. The molecule has 0 saturated heterocycles. The van der Waals surface area contributed by atoms with Gasteiger partial charge >= 0.3 is 0 Å². The van der Waals surface area contributed by atoms with Crippen LogP contribution in [0.3, 0.4) is 0 Å². The van der Waals surface area contributed by atoms with E-state index in [0.717, 1.165) is 9.35 Å². The Morgan fingerprint density at radius 2 is 2.28 bits per heavy atom. The quantitative estimate of drug-likeness (QED) is 0.384. The lowest BCUT2D eigenvalue weighted by molar-refractivity contribution is -0.136. The molecular formula is C11H16BrN3O2S. The van der Waals surface area contributed by atoms with Crippen LogP contribution in [-0.2, 0) is 11.3 Å². The zero-order valence-corrected chi connectivity index (χ0v) is 12.9. The van der Waals surface area contributed by atoms with Crippen molar-refractivity contribution in [1.82, 2.24) is 4.90 Å². The van der Waals surface area contributed by atoms with Crippen molar-refractivity contribution in [3.8, 4) is 0 Å². The number of carbonyl (C=O) groups excluding carboxylic acids is 1. The van der Waals surface area contributed by atoms with E-state index in [1.54, 1.807) is 37.1 Å². The highest BCUT2D eigenvalue weighted by atomic mass is 79.9. The number of oxime groups is 1. The van der Waals surface area contributed by atoms with Crippen LogP contribution in [0, 0.1) is 5.41 Å². The monoisotopic (exact) mass is 333 g/mol. The average molecular weight is 334 g/mol. The van der Waals surface area contributed by atoms with Crippen molar-refractivity contribution in [2.24, 2.45) is 16.3 Å². The fraction of sp³-hybridized carbons (Fsp3) is 0.455. The normalized spacial score (nSPS) is 12.6. The molecule has 0 fully saturated rings. The van der Waals surface area contributed by atoms with Gasteiger partial charge in [0.15, 0.2) is 5.84 Å². The maximum absolute atomic E-state index is 12.2. The van der Waals surface area contributed by atoms with Gasteiger partial charge in [-0.1, -0.05) is 5.16 Å². The zero-order chi connectivity index (χ0) is 13.9. The second-order valence-electron chi connectivity index (χ2n) is 4.50. The number of thiophene rings is 1. The van der Waals surface area contributed by atoms with Crippen LogP contribution in [0.1, 0.15) is 18.7 Å². The molecule has 0 aromatic carbocycles. The van der Waals surface area contributed by atoms with Gasteiger partial charge in [0.2, 0.25) is 5.91 Å². The van der Waals surface area contributed by atoms with Gasteiger partial charge in [0, 0.05) is 21.8 Å². The van der Waals surface area contributed by atoms with Crippen LogP contribution in [0.2, 0.25) is 0 Å². The van der Waals surface area contributed by atoms with Gasteiger partial charge in [0.25, 0.3) is 0 Å². The molecule has 7 heteroatoms. The molecule has 1 aromatic rings. The first-order valence-electron chi connectivity index (χ1n) is 5.25. The third-order valence-electron chi connectivity index (χ3n) is 2.64. The molecule has 0 atom stereocenters. The predicted molar refractivity (Wildman–Crippen MR) is 75.7 cm³/mol. The van der Waals surface area contributed by atoms with Crippen LogP contribution in [0.5, 0.6) is 0 Å². The second-order valence-corrected chi connectivity index (χ2v) is 6.41. The summed E-state index contributed by atoms with van der Waals surface area (Å²) >= 11 is 4.94. The number of nitrogens with zero attached hydrogens (tertiary/aromatic N) is 2. The van der Waals surface area contributed by atoms with Gasteiger partial charge in [-0.2, -0.15) is 0 Å². The molecule has 18 heavy (non-hydrogen) atoms. The first-order valence-corrected chi connectivity index (χ1v) is 6.92. The minimum Gasteiger partial charge on any atom is -0.409 e. The molecule has 0 saturated carbocycles. The maximum Gasteiger partial charge on any atom is 0.236 e. The Morgan fingerprint density at radius 1 is 1.67 bits per heavy atom. The van der Waals surface area contributed by atoms with E-state index in [0.29, 0.717) is 6.54 Å². The number of hydrogen-bond donors (Lipinski definition) is 2. The van der Waals surface area contributed by atoms with Gasteiger partial charge in [-0.25, -0.2) is 0 Å². The van der Waals surface area contributed by atoms with Gasteiger partial charge in [-0.15, -0.1) is 11.3 Å². The standard InChI is InChI=1S/C11H16BrN3O2S/c1-11(2,9(13)14-17)10(16)15(3)5-8-4-7(12)6-18-8/h4,6,17H,5H2,1-3H3,(H2,13,14). The molecule has 0 aliphatic carbocycles. The Bertz CT molecular complexity index is 471. The van der Waals surface area contributed by atoms with Crippen molar-refractivity contribution < 1.29 is 10.0 Å². The Hall–Kier alpha value is -1.08. The number of amides is 1. The van der Waals surface area contributed by atoms with Crippen LogP contribution in [-0.4, -0.2) is 28.9 Å². The van der Waals surface area contributed by atoms with Crippen LogP contribution < -0.4 is 5.73 Å². The van der Waals surface area contributed by atoms with Crippen LogP contribution >= 0.6 is 27.3 Å². The van der Waals surface area contributed by atoms with Gasteiger partial charge in [-0.3, -0.25) is 4.79 Å². The van der Waals surface area contributed by atoms with E-state index in [9.17, 15) is 4.79 Å². The summed E-state index contributed by atoms with van der Waals surface area (Å²) in [7, 11) is 1.70. The fourth-order valence-corrected chi connectivity index (χ4v) is 2.96. The summed E-state index contributed by atoms with van der Waals surface area (Å²) in [6.07, 6.45) is 0. The smallest absolute Gasteiger partial charge is 0.236 e. The second kappa shape index (κ2) is 5.71. The molecule has 1 heterocycles. The summed E-state index contributed by atoms with van der Waals surface area (Å²) in [6, 6.07) is 1.96. The SMILES string of the molecule is CN(Cc1cc(Br)cs1)C(=O)C(C)(C)C(N)=NO. The maximum atomic E-state index is 12.2. The first-order chi connectivity index (χ1) is 8.28. The van der Waals surface area contributed by atoms with E-state index in [1.165, 1.54) is 0 Å². The first kappa shape index (κ1) is 15.0. The number of carbonyl (C=O) groups is 1. The number of hydrogen-bond acceptors (Lipinski definition) is 4. The predicted octanol–water partition coefficient (Wildman–Crippen LogP) is 2.24. The zero-order valence-electron chi connectivity index (χ0n) is 10.5. The van der Waals surface area contributed by atoms with Gasteiger partial charge in [0.1, 0.15) is 5.41 Å². The molecular weight excluding hydrogens is 318 g/mol. The molecule has 1 rings (SSSR count). The molecule has 3 N–H and O–H groups in total. The molecule has 0 radical (unpaired) electrons. The largest absolute Gasteiger partial charge is 0.409 e. The Kier molecular flexibility index (Phi) is 4.75. The summed E-state index contributed by atoms with van der Waals surface area (Å²) < 4.78 is 0.999. The van der Waals surface area contributed by atoms with Crippen molar-refractivity contribution in [3.05, 3.63) is 20.8 Å². The van der Waals surface area contributed by atoms with E-state index < -0.39 is 5.41 Å². The van der Waals surface area contributed by atoms with Crippen molar-refractivity contribution in [1.29, 1.82) is 0 Å². The van der Waals surface area contributed by atoms with Crippen molar-refractivity contribution in [2.75, 3.05) is 7.05 Å². The highest BCUT2D eigenvalue weighted by Crippen LogP contribution is 2.24. The topological polar surface area (TPSA) is 78.9 Å². The third-order valence-corrected chi connectivity index (χ3v) is 4.33. The number of amidine groups is 1. The summed E-state index contributed by atoms with van der Waals surface area (Å²) in [5.74, 6) is -0.283. The van der Waals surface area contributed by atoms with Gasteiger partial charge in [0.05, 0.1) is 6.54 Å². The Morgan fingerprint density at radius 3 is 2.72 bits per heavy atom. The van der Waals surface area contributed by atoms with E-state index in [-0.39, 0.29) is 11.7 Å². The van der Waals surface area contributed by atoms with Crippen molar-refractivity contribution in [2.45, 2.75) is 20.4 Å². The number of rotatable bonds is 4. The summed E-state index contributed by atoms with van der Waals surface area (Å²) in [4.78, 5) is 14.9. The minimum atomic E-state index is -1.02. The van der Waals surface area contributed by atoms with Crippen molar-refractivity contribution >= 4 is 39.0 Å². The van der Waals surface area contributed by atoms with Gasteiger partial charge in [-0.05, 0) is 35.8 Å². The Labute approximate surface area is 118 Å². The highest BCUT2D eigenvalue weighted by molar-refractivity contribution is 9.10. The molecule has 100 valence electrons. The minimum absolute atomic E-state index is 0.0910. The van der Waals surface area contributed by atoms with E-state index >= 15 is 0 Å². The highest BCUT2D eigenvalue weighted by Gasteiger charge is 2.35. The molecule has 1 aromatic heterocycles. The molecule has 0 aliphatic rings. The lowest BCUT2D eigenvalue weighted by Gasteiger charge is -2.27. The van der Waals surface area contributed by atoms with Crippen LogP contribution in [0.25, 0.3) is 0 Å². The molecule has 0 unspecified atom stereocenters. The summed E-state index contributed by atoms with van der Waals surface area (Å²) in [5.41, 5.74) is 4.52. The Balaban J connectivity index is 2.78. The van der Waals surface area contributed by atoms with E-state index in [4.69, 9.17) is 10.9 Å². The summed E-state index contributed by atoms with van der Waals surface area (Å²) in [6.45, 7) is 3.76. The van der Waals surface area contributed by atoms with E-state index in [2.05, 4.69) is 21.1 Å². The molecule has 0 bridgehead atoms. The van der Waals surface area contributed by atoms with Gasteiger partial charge < -0.3 is 15.8 Å². The third kappa shape index (κ3) is 3.23. The molecule has 0 spiro atoms.